The topological polar surface area (TPSA) is 72.9 Å². The van der Waals surface area contributed by atoms with Gasteiger partial charge < -0.3 is 10.4 Å². The van der Waals surface area contributed by atoms with Gasteiger partial charge in [-0.3, -0.25) is 9.69 Å². The SMILES string of the molecule is CC1CCC2(CC1)NC(=O)N(CN1CCC[C@H](O)C1)C2=O. The number of rotatable bonds is 2. The molecule has 3 amide bonds. The summed E-state index contributed by atoms with van der Waals surface area (Å²) in [7, 11) is 0. The Morgan fingerprint density at radius 3 is 2.67 bits per heavy atom. The second-order valence-electron chi connectivity index (χ2n) is 6.94. The number of amides is 3. The van der Waals surface area contributed by atoms with Crippen molar-refractivity contribution in [1.29, 1.82) is 0 Å². The largest absolute Gasteiger partial charge is 0.392 e. The third kappa shape index (κ3) is 2.79. The number of aliphatic hydroxyl groups is 1. The van der Waals surface area contributed by atoms with E-state index in [0.29, 0.717) is 19.1 Å². The van der Waals surface area contributed by atoms with E-state index in [2.05, 4.69) is 12.2 Å². The molecule has 0 aromatic heterocycles. The van der Waals surface area contributed by atoms with Crippen molar-refractivity contribution in [3.63, 3.8) is 0 Å². The molecule has 0 unspecified atom stereocenters. The van der Waals surface area contributed by atoms with Gasteiger partial charge in [0.05, 0.1) is 12.8 Å². The van der Waals surface area contributed by atoms with Crippen molar-refractivity contribution in [3.8, 4) is 0 Å². The first-order valence-electron chi connectivity index (χ1n) is 8.05. The molecule has 2 heterocycles. The van der Waals surface area contributed by atoms with E-state index in [-0.39, 0.29) is 18.0 Å². The van der Waals surface area contributed by atoms with E-state index < -0.39 is 5.54 Å². The van der Waals surface area contributed by atoms with Crippen molar-refractivity contribution in [2.45, 2.75) is 57.1 Å². The van der Waals surface area contributed by atoms with Crippen LogP contribution in [-0.4, -0.2) is 58.2 Å². The van der Waals surface area contributed by atoms with Gasteiger partial charge in [-0.15, -0.1) is 0 Å². The lowest BCUT2D eigenvalue weighted by Crippen LogP contribution is -2.50. The van der Waals surface area contributed by atoms with Gasteiger partial charge in [0.1, 0.15) is 5.54 Å². The van der Waals surface area contributed by atoms with Crippen LogP contribution in [0.5, 0.6) is 0 Å². The fourth-order valence-electron chi connectivity index (χ4n) is 3.76. The minimum Gasteiger partial charge on any atom is -0.392 e. The Morgan fingerprint density at radius 1 is 1.29 bits per heavy atom. The third-order valence-electron chi connectivity index (χ3n) is 5.20. The second kappa shape index (κ2) is 5.57. The summed E-state index contributed by atoms with van der Waals surface area (Å²) in [5.74, 6) is 0.561. The molecule has 0 aromatic carbocycles. The molecule has 6 nitrogen and oxygen atoms in total. The molecule has 1 spiro atoms. The maximum Gasteiger partial charge on any atom is 0.326 e. The molecule has 2 saturated heterocycles. The molecule has 3 aliphatic rings. The van der Waals surface area contributed by atoms with E-state index in [0.717, 1.165) is 45.1 Å². The van der Waals surface area contributed by atoms with Gasteiger partial charge in [-0.1, -0.05) is 6.92 Å². The predicted molar refractivity (Wildman–Crippen MR) is 77.4 cm³/mol. The predicted octanol–water partition coefficient (Wildman–Crippen LogP) is 0.901. The highest BCUT2D eigenvalue weighted by atomic mass is 16.3. The number of hydrogen-bond acceptors (Lipinski definition) is 4. The van der Waals surface area contributed by atoms with Crippen LogP contribution in [0.3, 0.4) is 0 Å². The summed E-state index contributed by atoms with van der Waals surface area (Å²) in [6.07, 6.45) is 4.84. The summed E-state index contributed by atoms with van der Waals surface area (Å²) in [6.45, 7) is 3.87. The van der Waals surface area contributed by atoms with Crippen molar-refractivity contribution < 1.29 is 14.7 Å². The van der Waals surface area contributed by atoms with E-state index in [4.69, 9.17) is 0 Å². The van der Waals surface area contributed by atoms with Gasteiger partial charge in [0.2, 0.25) is 0 Å². The smallest absolute Gasteiger partial charge is 0.326 e. The number of imide groups is 1. The maximum atomic E-state index is 12.7. The van der Waals surface area contributed by atoms with Gasteiger partial charge in [-0.2, -0.15) is 0 Å². The first-order chi connectivity index (χ1) is 10.00. The van der Waals surface area contributed by atoms with E-state index in [1.54, 1.807) is 0 Å². The number of nitrogens with one attached hydrogen (secondary N) is 1. The van der Waals surface area contributed by atoms with Gasteiger partial charge in [-0.25, -0.2) is 9.69 Å². The first-order valence-corrected chi connectivity index (χ1v) is 8.05. The number of aliphatic hydroxyl groups excluding tert-OH is 1. The van der Waals surface area contributed by atoms with Crippen LogP contribution in [0.2, 0.25) is 0 Å². The average Bonchev–Trinajstić information content (AvgIpc) is 2.67. The number of piperidine rings is 1. The fourth-order valence-corrected chi connectivity index (χ4v) is 3.76. The van der Waals surface area contributed by atoms with Crippen LogP contribution in [0.25, 0.3) is 0 Å². The Hall–Kier alpha value is -1.14. The zero-order valence-corrected chi connectivity index (χ0v) is 12.7. The summed E-state index contributed by atoms with van der Waals surface area (Å²) in [5.41, 5.74) is -0.655. The Bertz CT molecular complexity index is 432. The highest BCUT2D eigenvalue weighted by Crippen LogP contribution is 2.36. The molecule has 6 heteroatoms. The Balaban J connectivity index is 1.66. The number of β-amino-alcohol motifs (C(OH)–C–C–N with tert-alkyl or cyclic N) is 1. The summed E-state index contributed by atoms with van der Waals surface area (Å²) in [4.78, 5) is 28.2. The van der Waals surface area contributed by atoms with Crippen molar-refractivity contribution in [1.82, 2.24) is 15.1 Å². The standard InChI is InChI=1S/C15H25N3O3/c1-11-4-6-15(7-5-11)13(20)18(14(21)16-15)10-17-8-2-3-12(19)9-17/h11-12,19H,2-10H2,1H3,(H,16,21)/t11?,12-,15?/m0/s1. The normalized spacial score (nSPS) is 38.1. The van der Waals surface area contributed by atoms with Crippen LogP contribution in [0.1, 0.15) is 45.4 Å². The molecule has 2 N–H and O–H groups in total. The molecule has 0 bridgehead atoms. The van der Waals surface area contributed by atoms with E-state index >= 15 is 0 Å². The van der Waals surface area contributed by atoms with Crippen LogP contribution >= 0.6 is 0 Å². The molecular weight excluding hydrogens is 270 g/mol. The zero-order chi connectivity index (χ0) is 15.0. The molecule has 0 aromatic rings. The van der Waals surface area contributed by atoms with Gasteiger partial charge in [0.25, 0.3) is 5.91 Å². The highest BCUT2D eigenvalue weighted by molar-refractivity contribution is 6.07. The van der Waals surface area contributed by atoms with Gasteiger partial charge >= 0.3 is 6.03 Å². The molecule has 1 atom stereocenters. The highest BCUT2D eigenvalue weighted by Gasteiger charge is 2.52. The van der Waals surface area contributed by atoms with Gasteiger partial charge in [0, 0.05) is 13.1 Å². The van der Waals surface area contributed by atoms with Crippen molar-refractivity contribution in [2.24, 2.45) is 5.92 Å². The number of carbonyl (C=O) groups is 2. The van der Waals surface area contributed by atoms with Crippen LogP contribution in [-0.2, 0) is 4.79 Å². The van der Waals surface area contributed by atoms with Crippen LogP contribution in [0.4, 0.5) is 4.79 Å². The third-order valence-corrected chi connectivity index (χ3v) is 5.20. The maximum absolute atomic E-state index is 12.7. The van der Waals surface area contributed by atoms with Gasteiger partial charge in [-0.05, 0) is 44.4 Å². The summed E-state index contributed by atoms with van der Waals surface area (Å²) >= 11 is 0. The number of hydrogen-bond donors (Lipinski definition) is 2. The summed E-state index contributed by atoms with van der Waals surface area (Å²) in [5, 5.41) is 12.6. The number of carbonyl (C=O) groups excluding carboxylic acids is 2. The van der Waals surface area contributed by atoms with E-state index in [1.165, 1.54) is 4.90 Å². The lowest BCUT2D eigenvalue weighted by molar-refractivity contribution is -0.134. The molecule has 3 rings (SSSR count). The van der Waals surface area contributed by atoms with Crippen LogP contribution < -0.4 is 5.32 Å². The molecule has 1 aliphatic carbocycles. The molecular formula is C15H25N3O3. The van der Waals surface area contributed by atoms with Crippen molar-refractivity contribution in [2.75, 3.05) is 19.8 Å². The van der Waals surface area contributed by atoms with Gasteiger partial charge in [0.15, 0.2) is 0 Å². The quantitative estimate of drug-likeness (QED) is 0.743. The van der Waals surface area contributed by atoms with Crippen molar-refractivity contribution in [3.05, 3.63) is 0 Å². The molecule has 21 heavy (non-hydrogen) atoms. The van der Waals surface area contributed by atoms with E-state index in [1.807, 2.05) is 4.90 Å². The van der Waals surface area contributed by atoms with Crippen LogP contribution in [0, 0.1) is 5.92 Å². The zero-order valence-electron chi connectivity index (χ0n) is 12.7. The van der Waals surface area contributed by atoms with E-state index in [9.17, 15) is 14.7 Å². The number of likely N-dealkylation sites (tertiary alicyclic amines) is 1. The molecule has 118 valence electrons. The van der Waals surface area contributed by atoms with Crippen molar-refractivity contribution >= 4 is 11.9 Å². The fraction of sp³-hybridized carbons (Fsp3) is 0.867. The molecule has 1 saturated carbocycles. The Kier molecular flexibility index (Phi) is 3.92. The monoisotopic (exact) mass is 295 g/mol. The lowest BCUT2D eigenvalue weighted by atomic mass is 9.77. The minimum atomic E-state index is -0.655. The Morgan fingerprint density at radius 2 is 2.00 bits per heavy atom. The summed E-state index contributed by atoms with van der Waals surface area (Å²) in [6, 6.07) is -0.269. The lowest BCUT2D eigenvalue weighted by Gasteiger charge is -2.35. The molecule has 0 radical (unpaired) electrons. The summed E-state index contributed by atoms with van der Waals surface area (Å²) < 4.78 is 0. The minimum absolute atomic E-state index is 0.0699. The Labute approximate surface area is 125 Å². The van der Waals surface area contributed by atoms with Crippen LogP contribution in [0.15, 0.2) is 0 Å². The second-order valence-corrected chi connectivity index (χ2v) is 6.94. The first kappa shape index (κ1) is 14.8. The number of urea groups is 1. The average molecular weight is 295 g/mol. The molecule has 2 aliphatic heterocycles. The number of nitrogens with zero attached hydrogens (tertiary/aromatic N) is 2. The molecule has 3 fully saturated rings.